The number of rotatable bonds is 3. The van der Waals surface area contributed by atoms with Crippen LogP contribution in [-0.4, -0.2) is 22.0 Å². The highest BCUT2D eigenvalue weighted by Crippen LogP contribution is 2.15. The molecule has 68 valence electrons. The van der Waals surface area contributed by atoms with Crippen molar-refractivity contribution in [1.29, 1.82) is 0 Å². The van der Waals surface area contributed by atoms with Crippen LogP contribution in [0.3, 0.4) is 0 Å². The van der Waals surface area contributed by atoms with Crippen LogP contribution in [0, 0.1) is 0 Å². The summed E-state index contributed by atoms with van der Waals surface area (Å²) in [6, 6.07) is 0. The fraction of sp³-hybridized carbons (Fsp3) is 0.714. The van der Waals surface area contributed by atoms with Gasteiger partial charge in [-0.2, -0.15) is 9.36 Å². The zero-order valence-electron chi connectivity index (χ0n) is 7.50. The highest BCUT2D eigenvalue weighted by atomic mass is 32.1. The summed E-state index contributed by atoms with van der Waals surface area (Å²) in [5, 5.41) is 0.592. The van der Waals surface area contributed by atoms with Crippen LogP contribution in [0.1, 0.15) is 19.7 Å². The Balaban J connectivity index is 2.64. The minimum absolute atomic E-state index is 0.258. The van der Waals surface area contributed by atoms with Crippen molar-refractivity contribution in [2.24, 2.45) is 5.73 Å². The number of aromatic nitrogens is 2. The van der Waals surface area contributed by atoms with Gasteiger partial charge in [-0.15, -0.1) is 0 Å². The Hall–Kier alpha value is -0.680. The molecule has 0 aliphatic carbocycles. The van der Waals surface area contributed by atoms with Gasteiger partial charge in [-0.05, 0) is 13.8 Å². The minimum atomic E-state index is -0.258. The lowest BCUT2D eigenvalue weighted by molar-refractivity contribution is 0.408. The number of nitrogens with two attached hydrogens (primary N) is 1. The van der Waals surface area contributed by atoms with Crippen molar-refractivity contribution in [3.05, 3.63) is 5.82 Å². The molecule has 1 aromatic rings. The Labute approximate surface area is 75.9 Å². The van der Waals surface area contributed by atoms with Crippen LogP contribution in [0.2, 0.25) is 0 Å². The highest BCUT2D eigenvalue weighted by Gasteiger charge is 2.15. The molecule has 2 N–H and O–H groups in total. The lowest BCUT2D eigenvalue weighted by atomic mass is 10.0. The van der Waals surface area contributed by atoms with Crippen molar-refractivity contribution in [3.8, 4) is 5.19 Å². The fourth-order valence-corrected chi connectivity index (χ4v) is 1.31. The Morgan fingerprint density at radius 3 is 2.67 bits per heavy atom. The van der Waals surface area contributed by atoms with E-state index >= 15 is 0 Å². The Bertz CT molecular complexity index is 253. The summed E-state index contributed by atoms with van der Waals surface area (Å²) in [4.78, 5) is 4.12. The topological polar surface area (TPSA) is 61.0 Å². The van der Waals surface area contributed by atoms with E-state index in [1.54, 1.807) is 7.11 Å². The summed E-state index contributed by atoms with van der Waals surface area (Å²) < 4.78 is 9.01. The second-order valence-electron chi connectivity index (χ2n) is 3.35. The number of nitrogens with zero attached hydrogens (tertiary/aromatic N) is 2. The summed E-state index contributed by atoms with van der Waals surface area (Å²) in [6.45, 7) is 3.89. The van der Waals surface area contributed by atoms with Crippen molar-refractivity contribution in [3.63, 3.8) is 0 Å². The quantitative estimate of drug-likeness (QED) is 0.761. The van der Waals surface area contributed by atoms with E-state index in [0.29, 0.717) is 11.6 Å². The van der Waals surface area contributed by atoms with Gasteiger partial charge in [0.15, 0.2) is 0 Å². The molecule has 0 aliphatic heterocycles. The molecule has 0 fully saturated rings. The maximum atomic E-state index is 5.80. The lowest BCUT2D eigenvalue weighted by Gasteiger charge is -2.14. The van der Waals surface area contributed by atoms with Gasteiger partial charge in [-0.3, -0.25) is 0 Å². The Morgan fingerprint density at radius 1 is 1.58 bits per heavy atom. The SMILES string of the molecule is COc1nc(CC(C)(C)N)ns1. The van der Waals surface area contributed by atoms with E-state index < -0.39 is 0 Å². The zero-order valence-corrected chi connectivity index (χ0v) is 8.31. The number of hydrogen-bond donors (Lipinski definition) is 1. The minimum Gasteiger partial charge on any atom is -0.472 e. The standard InChI is InChI=1S/C7H13N3OS/c1-7(2,8)4-5-9-6(11-3)12-10-5/h4,8H2,1-3H3. The molecule has 0 saturated carbocycles. The lowest BCUT2D eigenvalue weighted by Crippen LogP contribution is -2.34. The Kier molecular flexibility index (Phi) is 2.64. The summed E-state index contributed by atoms with van der Waals surface area (Å²) in [5.74, 6) is 0.754. The van der Waals surface area contributed by atoms with Gasteiger partial charge in [0.25, 0.3) is 5.19 Å². The first-order chi connectivity index (χ1) is 5.51. The highest BCUT2D eigenvalue weighted by molar-refractivity contribution is 7.07. The van der Waals surface area contributed by atoms with Crippen LogP contribution >= 0.6 is 11.5 Å². The zero-order chi connectivity index (χ0) is 9.19. The molecule has 0 amide bonds. The van der Waals surface area contributed by atoms with Crippen LogP contribution < -0.4 is 10.5 Å². The normalized spacial score (nSPS) is 11.7. The molecule has 0 atom stereocenters. The second kappa shape index (κ2) is 3.37. The maximum Gasteiger partial charge on any atom is 0.292 e. The summed E-state index contributed by atoms with van der Waals surface area (Å²) in [6.07, 6.45) is 0.673. The van der Waals surface area contributed by atoms with Crippen molar-refractivity contribution in [2.75, 3.05) is 7.11 Å². The molecule has 0 unspecified atom stereocenters. The third kappa shape index (κ3) is 2.75. The molecule has 4 nitrogen and oxygen atoms in total. The first kappa shape index (κ1) is 9.41. The third-order valence-corrected chi connectivity index (χ3v) is 1.95. The maximum absolute atomic E-state index is 5.80. The summed E-state index contributed by atoms with van der Waals surface area (Å²) in [7, 11) is 1.58. The third-order valence-electron chi connectivity index (χ3n) is 1.24. The molecule has 0 aliphatic rings. The van der Waals surface area contributed by atoms with Gasteiger partial charge in [0.1, 0.15) is 5.82 Å². The number of ether oxygens (including phenoxy) is 1. The molecule has 0 radical (unpaired) electrons. The molecule has 0 saturated heterocycles. The van der Waals surface area contributed by atoms with Gasteiger partial charge in [0.05, 0.1) is 7.11 Å². The summed E-state index contributed by atoms with van der Waals surface area (Å²) in [5.41, 5.74) is 5.54. The van der Waals surface area contributed by atoms with Crippen LogP contribution in [0.25, 0.3) is 0 Å². The van der Waals surface area contributed by atoms with E-state index in [2.05, 4.69) is 9.36 Å². The van der Waals surface area contributed by atoms with Crippen molar-refractivity contribution >= 4 is 11.5 Å². The van der Waals surface area contributed by atoms with Crippen molar-refractivity contribution in [1.82, 2.24) is 9.36 Å². The molecule has 0 aromatic carbocycles. The number of hydrogen-bond acceptors (Lipinski definition) is 5. The first-order valence-electron chi connectivity index (χ1n) is 3.67. The molecule has 0 spiro atoms. The van der Waals surface area contributed by atoms with Crippen molar-refractivity contribution < 1.29 is 4.74 Å². The van der Waals surface area contributed by atoms with Gasteiger partial charge in [-0.25, -0.2) is 0 Å². The van der Waals surface area contributed by atoms with E-state index in [1.807, 2.05) is 13.8 Å². The fourth-order valence-electron chi connectivity index (χ4n) is 0.800. The molecule has 0 bridgehead atoms. The van der Waals surface area contributed by atoms with E-state index in [4.69, 9.17) is 10.5 Å². The average Bonchev–Trinajstić information content (AvgIpc) is 2.32. The average molecular weight is 187 g/mol. The predicted octanol–water partition coefficient (Wildman–Crippen LogP) is 0.827. The summed E-state index contributed by atoms with van der Waals surface area (Å²) >= 11 is 1.25. The molecule has 5 heteroatoms. The Morgan fingerprint density at radius 2 is 2.25 bits per heavy atom. The van der Waals surface area contributed by atoms with Crippen molar-refractivity contribution in [2.45, 2.75) is 25.8 Å². The van der Waals surface area contributed by atoms with Gasteiger partial charge in [0.2, 0.25) is 0 Å². The van der Waals surface area contributed by atoms with Gasteiger partial charge >= 0.3 is 0 Å². The largest absolute Gasteiger partial charge is 0.472 e. The van der Waals surface area contributed by atoms with E-state index in [0.717, 1.165) is 5.82 Å². The smallest absolute Gasteiger partial charge is 0.292 e. The van der Waals surface area contributed by atoms with Crippen LogP contribution in [0.5, 0.6) is 5.19 Å². The van der Waals surface area contributed by atoms with E-state index in [9.17, 15) is 0 Å². The van der Waals surface area contributed by atoms with Gasteiger partial charge in [-0.1, -0.05) is 0 Å². The molecular weight excluding hydrogens is 174 g/mol. The molecule has 1 rings (SSSR count). The van der Waals surface area contributed by atoms with Crippen LogP contribution in [0.4, 0.5) is 0 Å². The molecular formula is C7H13N3OS. The van der Waals surface area contributed by atoms with E-state index in [-0.39, 0.29) is 5.54 Å². The second-order valence-corrected chi connectivity index (χ2v) is 4.06. The van der Waals surface area contributed by atoms with Crippen LogP contribution in [-0.2, 0) is 6.42 Å². The molecule has 12 heavy (non-hydrogen) atoms. The predicted molar refractivity (Wildman–Crippen MR) is 48.4 cm³/mol. The van der Waals surface area contributed by atoms with E-state index in [1.165, 1.54) is 11.5 Å². The van der Waals surface area contributed by atoms with Gasteiger partial charge in [0, 0.05) is 23.5 Å². The first-order valence-corrected chi connectivity index (χ1v) is 4.44. The molecule has 1 heterocycles. The molecule has 1 aromatic heterocycles. The van der Waals surface area contributed by atoms with Crippen LogP contribution in [0.15, 0.2) is 0 Å². The number of methoxy groups -OCH3 is 1. The monoisotopic (exact) mass is 187 g/mol. The van der Waals surface area contributed by atoms with Gasteiger partial charge < -0.3 is 10.5 Å².